The molecule has 0 spiro atoms. The van der Waals surface area contributed by atoms with Gasteiger partial charge in [-0.15, -0.1) is 0 Å². The zero-order valence-electron chi connectivity index (χ0n) is 22.8. The zero-order valence-corrected chi connectivity index (χ0v) is 22.8. The average molecular weight is 519 g/mol. The number of rotatable bonds is 8. The molecule has 0 aromatic carbocycles. The van der Waals surface area contributed by atoms with Crippen LogP contribution in [-0.4, -0.2) is 58.1 Å². The average Bonchev–Trinajstić information content (AvgIpc) is 3.53. The lowest BCUT2D eigenvalue weighted by Gasteiger charge is -2.33. The molecule has 37 heavy (non-hydrogen) atoms. The van der Waals surface area contributed by atoms with Gasteiger partial charge in [-0.1, -0.05) is 23.3 Å². The normalized spacial score (nSPS) is 30.0. The summed E-state index contributed by atoms with van der Waals surface area (Å²) in [5, 5.41) is 0. The number of carbonyl (C=O) groups is 5. The minimum absolute atomic E-state index is 0.0297. The lowest BCUT2D eigenvalue weighted by atomic mass is 9.70. The van der Waals surface area contributed by atoms with Crippen LogP contribution >= 0.6 is 0 Å². The molecule has 3 aliphatic carbocycles. The summed E-state index contributed by atoms with van der Waals surface area (Å²) in [5.74, 6) is -4.80. The highest BCUT2D eigenvalue weighted by Crippen LogP contribution is 2.71. The SMILES string of the molecule is C=C(C)[C@@H]1CC(C(=O)OC)(C(=O)OC)[C@H]2C[C@@H]3[C@@H](/C(=C(/C)CCC(C)=O)CC3(C(=O)OC)C(=O)OC)[C@@H]12. The van der Waals surface area contributed by atoms with Gasteiger partial charge in [0.1, 0.15) is 5.78 Å². The molecule has 0 radical (unpaired) electrons. The molecule has 0 bridgehead atoms. The first-order valence-corrected chi connectivity index (χ1v) is 12.6. The van der Waals surface area contributed by atoms with Gasteiger partial charge in [0, 0.05) is 6.42 Å². The number of fused-ring (bicyclic) bond motifs is 3. The largest absolute Gasteiger partial charge is 0.468 e. The molecule has 0 unspecified atom stereocenters. The number of ketones is 1. The van der Waals surface area contributed by atoms with E-state index in [-0.39, 0.29) is 42.8 Å². The van der Waals surface area contributed by atoms with E-state index < -0.39 is 46.5 Å². The van der Waals surface area contributed by atoms with Crippen LogP contribution in [0.4, 0.5) is 0 Å². The minimum Gasteiger partial charge on any atom is -0.468 e. The van der Waals surface area contributed by atoms with E-state index in [0.29, 0.717) is 12.8 Å². The Kier molecular flexibility index (Phi) is 8.05. The second-order valence-corrected chi connectivity index (χ2v) is 10.8. The van der Waals surface area contributed by atoms with Crippen molar-refractivity contribution in [2.24, 2.45) is 40.4 Å². The summed E-state index contributed by atoms with van der Waals surface area (Å²) in [6, 6.07) is 0. The van der Waals surface area contributed by atoms with Crippen molar-refractivity contribution in [3.8, 4) is 0 Å². The predicted octanol–water partition coefficient (Wildman–Crippen LogP) is 3.21. The highest BCUT2D eigenvalue weighted by Gasteiger charge is 2.75. The van der Waals surface area contributed by atoms with Gasteiger partial charge in [-0.3, -0.25) is 19.2 Å². The third-order valence-corrected chi connectivity index (χ3v) is 9.20. The number of hydrogen-bond acceptors (Lipinski definition) is 9. The third-order valence-electron chi connectivity index (χ3n) is 9.20. The third kappa shape index (κ3) is 4.10. The van der Waals surface area contributed by atoms with Crippen LogP contribution in [0.1, 0.15) is 52.9 Å². The van der Waals surface area contributed by atoms with Gasteiger partial charge in [0.25, 0.3) is 0 Å². The van der Waals surface area contributed by atoms with Crippen molar-refractivity contribution >= 4 is 29.7 Å². The lowest BCUT2D eigenvalue weighted by molar-refractivity contribution is -0.173. The molecule has 204 valence electrons. The Morgan fingerprint density at radius 3 is 1.70 bits per heavy atom. The van der Waals surface area contributed by atoms with Crippen molar-refractivity contribution in [3.63, 3.8) is 0 Å². The summed E-state index contributed by atoms with van der Waals surface area (Å²) in [5.41, 5.74) is -0.651. The van der Waals surface area contributed by atoms with E-state index >= 15 is 0 Å². The van der Waals surface area contributed by atoms with E-state index in [2.05, 4.69) is 6.58 Å². The summed E-state index contributed by atoms with van der Waals surface area (Å²) >= 11 is 0. The van der Waals surface area contributed by atoms with Crippen molar-refractivity contribution in [2.45, 2.75) is 52.9 Å². The molecule has 3 rings (SSSR count). The number of carbonyl (C=O) groups excluding carboxylic acids is 5. The molecular formula is C28H38O9. The molecule has 0 aromatic rings. The van der Waals surface area contributed by atoms with E-state index in [0.717, 1.165) is 16.7 Å². The number of hydrogen-bond donors (Lipinski definition) is 0. The van der Waals surface area contributed by atoms with Gasteiger partial charge >= 0.3 is 23.9 Å². The molecule has 9 heteroatoms. The summed E-state index contributed by atoms with van der Waals surface area (Å²) in [6.45, 7) is 9.45. The van der Waals surface area contributed by atoms with E-state index in [9.17, 15) is 24.0 Å². The standard InChI is InChI=1S/C28H38O9/c1-14(2)17-12-27(23(30)34-5,24(31)35-6)19-11-20-22(21(17)19)18(15(3)9-10-16(4)29)13-28(20,25(32)36-7)26(33)37-8/h17,19-22H,1,9-13H2,2-8H3/b18-15-/t17-,19-,20+,21-,22+/m0/s1. The molecule has 3 aliphatic rings. The van der Waals surface area contributed by atoms with Crippen LogP contribution in [0.5, 0.6) is 0 Å². The Hall–Kier alpha value is -2.97. The van der Waals surface area contributed by atoms with Crippen LogP contribution in [0.15, 0.2) is 23.3 Å². The first-order valence-electron chi connectivity index (χ1n) is 12.6. The smallest absolute Gasteiger partial charge is 0.323 e. The Morgan fingerprint density at radius 2 is 1.27 bits per heavy atom. The number of allylic oxidation sites excluding steroid dienone is 3. The highest BCUT2D eigenvalue weighted by molar-refractivity contribution is 6.03. The molecule has 0 aliphatic heterocycles. The number of ether oxygens (including phenoxy) is 4. The Balaban J connectivity index is 2.31. The molecule has 0 heterocycles. The maximum atomic E-state index is 13.4. The van der Waals surface area contributed by atoms with Gasteiger partial charge in [0.2, 0.25) is 0 Å². The molecule has 3 fully saturated rings. The second-order valence-electron chi connectivity index (χ2n) is 10.8. The summed E-state index contributed by atoms with van der Waals surface area (Å²) in [6.07, 6.45) is 1.28. The van der Waals surface area contributed by atoms with Crippen LogP contribution in [0.3, 0.4) is 0 Å². The van der Waals surface area contributed by atoms with Crippen LogP contribution in [0.25, 0.3) is 0 Å². The van der Waals surface area contributed by atoms with Gasteiger partial charge in [-0.2, -0.15) is 0 Å². The number of methoxy groups -OCH3 is 4. The fraction of sp³-hybridized carbons (Fsp3) is 0.679. The first kappa shape index (κ1) is 28.6. The summed E-state index contributed by atoms with van der Waals surface area (Å²) < 4.78 is 20.6. The molecular weight excluding hydrogens is 480 g/mol. The second kappa shape index (κ2) is 10.4. The van der Waals surface area contributed by atoms with Crippen LogP contribution in [-0.2, 0) is 42.9 Å². The summed E-state index contributed by atoms with van der Waals surface area (Å²) in [7, 11) is 4.92. The zero-order chi connectivity index (χ0) is 27.9. The Morgan fingerprint density at radius 1 is 0.784 bits per heavy atom. The number of Topliss-reactive ketones (excluding diaryl/α,β-unsaturated/α-hetero) is 1. The molecule has 0 N–H and O–H groups in total. The molecule has 9 nitrogen and oxygen atoms in total. The minimum atomic E-state index is -1.64. The van der Waals surface area contributed by atoms with Gasteiger partial charge in [-0.25, -0.2) is 0 Å². The van der Waals surface area contributed by atoms with Gasteiger partial charge in [-0.05, 0) is 76.0 Å². The van der Waals surface area contributed by atoms with Crippen molar-refractivity contribution in [1.82, 2.24) is 0 Å². The molecule has 0 aromatic heterocycles. The fourth-order valence-corrected chi connectivity index (χ4v) is 7.60. The molecule has 3 saturated carbocycles. The Labute approximate surface area is 217 Å². The Bertz CT molecular complexity index is 1020. The van der Waals surface area contributed by atoms with Crippen LogP contribution in [0.2, 0.25) is 0 Å². The van der Waals surface area contributed by atoms with Crippen molar-refractivity contribution in [3.05, 3.63) is 23.3 Å². The lowest BCUT2D eigenvalue weighted by Crippen LogP contribution is -2.47. The van der Waals surface area contributed by atoms with Crippen molar-refractivity contribution < 1.29 is 42.9 Å². The number of esters is 4. The molecule has 5 atom stereocenters. The molecule has 0 amide bonds. The quantitative estimate of drug-likeness (QED) is 0.206. The highest BCUT2D eigenvalue weighted by atomic mass is 16.6. The van der Waals surface area contributed by atoms with Gasteiger partial charge in [0.15, 0.2) is 10.8 Å². The van der Waals surface area contributed by atoms with E-state index in [1.165, 1.54) is 35.4 Å². The predicted molar refractivity (Wildman–Crippen MR) is 132 cm³/mol. The van der Waals surface area contributed by atoms with Crippen molar-refractivity contribution in [1.29, 1.82) is 0 Å². The maximum Gasteiger partial charge on any atom is 0.323 e. The first-order chi connectivity index (χ1) is 17.4. The topological polar surface area (TPSA) is 122 Å². The van der Waals surface area contributed by atoms with Crippen LogP contribution < -0.4 is 0 Å². The van der Waals surface area contributed by atoms with Crippen LogP contribution in [0, 0.1) is 40.4 Å². The molecule has 0 saturated heterocycles. The summed E-state index contributed by atoms with van der Waals surface area (Å²) in [4.78, 5) is 65.2. The van der Waals surface area contributed by atoms with E-state index in [1.54, 1.807) is 0 Å². The van der Waals surface area contributed by atoms with Crippen molar-refractivity contribution in [2.75, 3.05) is 28.4 Å². The maximum absolute atomic E-state index is 13.4. The fourth-order valence-electron chi connectivity index (χ4n) is 7.60. The monoisotopic (exact) mass is 518 g/mol. The van der Waals surface area contributed by atoms with E-state index in [1.807, 2.05) is 13.8 Å². The van der Waals surface area contributed by atoms with Gasteiger partial charge in [0.05, 0.1) is 28.4 Å². The van der Waals surface area contributed by atoms with E-state index in [4.69, 9.17) is 18.9 Å². The van der Waals surface area contributed by atoms with Gasteiger partial charge < -0.3 is 23.7 Å².